The summed E-state index contributed by atoms with van der Waals surface area (Å²) in [5.74, 6) is -0.324. The number of phenols is 2. The topological polar surface area (TPSA) is 82.7 Å². The molecular formula is C13H13NO4. The molecule has 0 aliphatic carbocycles. The van der Waals surface area contributed by atoms with Crippen molar-refractivity contribution in [1.82, 2.24) is 5.32 Å². The summed E-state index contributed by atoms with van der Waals surface area (Å²) in [5.41, 5.74) is 0.824. The van der Waals surface area contributed by atoms with Crippen molar-refractivity contribution < 1.29 is 19.4 Å². The summed E-state index contributed by atoms with van der Waals surface area (Å²) in [6.07, 6.45) is 1.99. The van der Waals surface area contributed by atoms with Crippen LogP contribution in [0, 0.1) is 0 Å². The molecule has 5 nitrogen and oxygen atoms in total. The van der Waals surface area contributed by atoms with E-state index >= 15 is 0 Å². The van der Waals surface area contributed by atoms with Gasteiger partial charge in [0.05, 0.1) is 6.26 Å². The van der Waals surface area contributed by atoms with Crippen LogP contribution in [0.4, 0.5) is 0 Å². The first-order valence-electron chi connectivity index (χ1n) is 5.49. The molecule has 94 valence electrons. The normalized spacial score (nSPS) is 10.2. The van der Waals surface area contributed by atoms with Crippen LogP contribution in [0.1, 0.15) is 16.1 Å². The molecule has 5 heteroatoms. The number of furan rings is 1. The van der Waals surface area contributed by atoms with E-state index in [1.807, 2.05) is 0 Å². The fraction of sp³-hybridized carbons (Fsp3) is 0.154. The quantitative estimate of drug-likeness (QED) is 0.717. The minimum absolute atomic E-state index is 0.154. The maximum atomic E-state index is 11.5. The molecule has 0 spiro atoms. The van der Waals surface area contributed by atoms with Crippen LogP contribution in [0.5, 0.6) is 11.5 Å². The Labute approximate surface area is 104 Å². The van der Waals surface area contributed by atoms with Crippen molar-refractivity contribution >= 4 is 5.91 Å². The van der Waals surface area contributed by atoms with Gasteiger partial charge in [-0.05, 0) is 36.2 Å². The lowest BCUT2D eigenvalue weighted by Gasteiger charge is -2.05. The smallest absolute Gasteiger partial charge is 0.286 e. The summed E-state index contributed by atoms with van der Waals surface area (Å²) < 4.78 is 4.95. The summed E-state index contributed by atoms with van der Waals surface area (Å²) in [7, 11) is 0. The first kappa shape index (κ1) is 12.0. The highest BCUT2D eigenvalue weighted by Gasteiger charge is 2.07. The Morgan fingerprint density at radius 1 is 1.22 bits per heavy atom. The van der Waals surface area contributed by atoms with E-state index in [0.29, 0.717) is 13.0 Å². The van der Waals surface area contributed by atoms with Gasteiger partial charge in [0.2, 0.25) is 0 Å². The predicted octanol–water partition coefficient (Wildman–Crippen LogP) is 1.66. The summed E-state index contributed by atoms with van der Waals surface area (Å²) in [6, 6.07) is 7.80. The second-order valence-electron chi connectivity index (χ2n) is 3.81. The Balaban J connectivity index is 1.85. The number of hydrogen-bond donors (Lipinski definition) is 3. The number of benzene rings is 1. The van der Waals surface area contributed by atoms with Crippen LogP contribution in [-0.4, -0.2) is 22.7 Å². The van der Waals surface area contributed by atoms with Crippen LogP contribution < -0.4 is 5.32 Å². The number of rotatable bonds is 4. The molecule has 2 rings (SSSR count). The third-order valence-electron chi connectivity index (χ3n) is 2.48. The molecule has 0 bridgehead atoms. The predicted molar refractivity (Wildman–Crippen MR) is 64.5 cm³/mol. The standard InChI is InChI=1S/C13H13NO4/c15-10-4-3-9(8-11(10)16)5-6-14-13(17)12-2-1-7-18-12/h1-4,7-8,15-16H,5-6H2,(H,14,17). The van der Waals surface area contributed by atoms with E-state index in [-0.39, 0.29) is 23.2 Å². The number of hydrogen-bond acceptors (Lipinski definition) is 4. The number of amides is 1. The molecule has 0 saturated carbocycles. The molecule has 1 aromatic heterocycles. The maximum Gasteiger partial charge on any atom is 0.286 e. The molecule has 0 unspecified atom stereocenters. The lowest BCUT2D eigenvalue weighted by atomic mass is 10.1. The number of aromatic hydroxyl groups is 2. The van der Waals surface area contributed by atoms with E-state index < -0.39 is 0 Å². The second-order valence-corrected chi connectivity index (χ2v) is 3.81. The minimum atomic E-state index is -0.275. The summed E-state index contributed by atoms with van der Waals surface area (Å²) in [6.45, 7) is 0.420. The third-order valence-corrected chi connectivity index (χ3v) is 2.48. The molecule has 0 saturated heterocycles. The Hall–Kier alpha value is -2.43. The van der Waals surface area contributed by atoms with Crippen molar-refractivity contribution in [2.24, 2.45) is 0 Å². The zero-order chi connectivity index (χ0) is 13.0. The van der Waals surface area contributed by atoms with Gasteiger partial charge in [-0.1, -0.05) is 6.07 Å². The van der Waals surface area contributed by atoms with Gasteiger partial charge in [0.15, 0.2) is 17.3 Å². The lowest BCUT2D eigenvalue weighted by Crippen LogP contribution is -2.25. The first-order valence-corrected chi connectivity index (χ1v) is 5.49. The van der Waals surface area contributed by atoms with Gasteiger partial charge in [0.1, 0.15) is 0 Å². The Morgan fingerprint density at radius 3 is 2.72 bits per heavy atom. The Kier molecular flexibility index (Phi) is 3.52. The molecular weight excluding hydrogens is 234 g/mol. The van der Waals surface area contributed by atoms with Gasteiger partial charge in [0, 0.05) is 6.54 Å². The van der Waals surface area contributed by atoms with Crippen molar-refractivity contribution in [2.45, 2.75) is 6.42 Å². The minimum Gasteiger partial charge on any atom is -0.504 e. The number of nitrogens with one attached hydrogen (secondary N) is 1. The van der Waals surface area contributed by atoms with Crippen LogP contribution in [0.3, 0.4) is 0 Å². The van der Waals surface area contributed by atoms with Gasteiger partial charge < -0.3 is 19.9 Å². The van der Waals surface area contributed by atoms with Gasteiger partial charge in [-0.15, -0.1) is 0 Å². The van der Waals surface area contributed by atoms with E-state index in [4.69, 9.17) is 9.52 Å². The first-order chi connectivity index (χ1) is 8.66. The van der Waals surface area contributed by atoms with Gasteiger partial charge >= 0.3 is 0 Å². The Bertz CT molecular complexity index is 534. The fourth-order valence-electron chi connectivity index (χ4n) is 1.54. The lowest BCUT2D eigenvalue weighted by molar-refractivity contribution is 0.0926. The largest absolute Gasteiger partial charge is 0.504 e. The SMILES string of the molecule is O=C(NCCc1ccc(O)c(O)c1)c1ccco1. The van der Waals surface area contributed by atoms with E-state index in [2.05, 4.69) is 5.32 Å². The molecule has 0 fully saturated rings. The molecule has 3 N–H and O–H groups in total. The van der Waals surface area contributed by atoms with Crippen molar-refractivity contribution in [2.75, 3.05) is 6.54 Å². The van der Waals surface area contributed by atoms with Crippen molar-refractivity contribution in [1.29, 1.82) is 0 Å². The monoisotopic (exact) mass is 247 g/mol. The zero-order valence-electron chi connectivity index (χ0n) is 9.59. The molecule has 0 atom stereocenters. The second kappa shape index (κ2) is 5.27. The van der Waals surface area contributed by atoms with Crippen molar-refractivity contribution in [3.8, 4) is 11.5 Å². The van der Waals surface area contributed by atoms with Gasteiger partial charge in [0.25, 0.3) is 5.91 Å². The third kappa shape index (κ3) is 2.82. The van der Waals surface area contributed by atoms with Crippen LogP contribution >= 0.6 is 0 Å². The summed E-state index contributed by atoms with van der Waals surface area (Å²) in [5, 5.41) is 21.1. The van der Waals surface area contributed by atoms with E-state index in [0.717, 1.165) is 5.56 Å². The van der Waals surface area contributed by atoms with Crippen LogP contribution in [-0.2, 0) is 6.42 Å². The average molecular weight is 247 g/mol. The van der Waals surface area contributed by atoms with Crippen LogP contribution in [0.25, 0.3) is 0 Å². The number of phenolic OH excluding ortho intramolecular Hbond substituents is 2. The highest BCUT2D eigenvalue weighted by Crippen LogP contribution is 2.24. The maximum absolute atomic E-state index is 11.5. The van der Waals surface area contributed by atoms with E-state index in [1.54, 1.807) is 18.2 Å². The van der Waals surface area contributed by atoms with Gasteiger partial charge in [-0.3, -0.25) is 4.79 Å². The van der Waals surface area contributed by atoms with E-state index in [1.165, 1.54) is 18.4 Å². The van der Waals surface area contributed by atoms with Gasteiger partial charge in [-0.2, -0.15) is 0 Å². The Morgan fingerprint density at radius 2 is 2.06 bits per heavy atom. The van der Waals surface area contributed by atoms with E-state index in [9.17, 15) is 9.90 Å². The zero-order valence-corrected chi connectivity index (χ0v) is 9.59. The number of carbonyl (C=O) groups excluding carboxylic acids is 1. The summed E-state index contributed by atoms with van der Waals surface area (Å²) in [4.78, 5) is 11.5. The van der Waals surface area contributed by atoms with Crippen LogP contribution in [0.2, 0.25) is 0 Å². The molecule has 0 aliphatic rings. The molecule has 0 aliphatic heterocycles. The molecule has 1 heterocycles. The molecule has 2 aromatic rings. The van der Waals surface area contributed by atoms with Gasteiger partial charge in [-0.25, -0.2) is 0 Å². The van der Waals surface area contributed by atoms with Crippen molar-refractivity contribution in [3.63, 3.8) is 0 Å². The highest BCUT2D eigenvalue weighted by molar-refractivity contribution is 5.91. The summed E-state index contributed by atoms with van der Waals surface area (Å²) >= 11 is 0. The molecule has 1 aromatic carbocycles. The van der Waals surface area contributed by atoms with Crippen LogP contribution in [0.15, 0.2) is 41.0 Å². The fourth-order valence-corrected chi connectivity index (χ4v) is 1.54. The molecule has 0 radical (unpaired) electrons. The average Bonchev–Trinajstić information content (AvgIpc) is 2.87. The molecule has 1 amide bonds. The molecule has 18 heavy (non-hydrogen) atoms. The van der Waals surface area contributed by atoms with Crippen molar-refractivity contribution in [3.05, 3.63) is 47.9 Å². The highest BCUT2D eigenvalue weighted by atomic mass is 16.3. The number of carbonyl (C=O) groups is 1.